The van der Waals surface area contributed by atoms with Crippen LogP contribution in [0.5, 0.6) is 0 Å². The second-order valence-electron chi connectivity index (χ2n) is 3.93. The molecule has 0 unspecified atom stereocenters. The predicted octanol–water partition coefficient (Wildman–Crippen LogP) is 2.37. The van der Waals surface area contributed by atoms with E-state index < -0.39 is 5.92 Å². The predicted molar refractivity (Wildman–Crippen MR) is 45.4 cm³/mol. The molecule has 1 nitrogen and oxygen atoms in total. The summed E-state index contributed by atoms with van der Waals surface area (Å²) in [7, 11) is 0. The van der Waals surface area contributed by atoms with Crippen LogP contribution in [0.4, 0.5) is 8.78 Å². The summed E-state index contributed by atoms with van der Waals surface area (Å²) in [6.07, 6.45) is 0.0402. The van der Waals surface area contributed by atoms with Crippen molar-refractivity contribution >= 4 is 0 Å². The van der Waals surface area contributed by atoms with Crippen molar-refractivity contribution in [3.05, 3.63) is 0 Å². The molecule has 1 rings (SSSR count). The number of likely N-dealkylation sites (tertiary alicyclic amines) is 1. The summed E-state index contributed by atoms with van der Waals surface area (Å²) in [5.74, 6) is -2.12. The van der Waals surface area contributed by atoms with Gasteiger partial charge in [0.15, 0.2) is 0 Å². The number of nitrogens with zero attached hydrogens (tertiary/aromatic N) is 1. The van der Waals surface area contributed by atoms with E-state index in [2.05, 4.69) is 0 Å². The Balaban J connectivity index is 2.63. The molecule has 0 aromatic carbocycles. The Morgan fingerprint density at radius 1 is 1.50 bits per heavy atom. The van der Waals surface area contributed by atoms with Crippen molar-refractivity contribution in [3.63, 3.8) is 0 Å². The zero-order chi connectivity index (χ0) is 9.35. The molecule has 0 aliphatic carbocycles. The minimum atomic E-state index is -2.45. The number of rotatable bonds is 2. The Bertz CT molecular complexity index is 157. The molecule has 0 saturated carbocycles. The first-order valence-corrected chi connectivity index (χ1v) is 4.58. The lowest BCUT2D eigenvalue weighted by atomic mass is 10.0. The fourth-order valence-electron chi connectivity index (χ4n) is 1.92. The Morgan fingerprint density at radius 2 is 2.08 bits per heavy atom. The van der Waals surface area contributed by atoms with Crippen LogP contribution in [0.2, 0.25) is 0 Å². The third-order valence-electron chi connectivity index (χ3n) is 2.59. The molecule has 1 heterocycles. The summed E-state index contributed by atoms with van der Waals surface area (Å²) in [4.78, 5) is 1.88. The highest BCUT2D eigenvalue weighted by Crippen LogP contribution is 2.34. The van der Waals surface area contributed by atoms with Gasteiger partial charge in [-0.25, -0.2) is 8.78 Å². The van der Waals surface area contributed by atoms with Crippen molar-refractivity contribution in [2.45, 2.75) is 39.2 Å². The topological polar surface area (TPSA) is 3.24 Å². The van der Waals surface area contributed by atoms with E-state index >= 15 is 0 Å². The maximum absolute atomic E-state index is 13.0. The average molecular weight is 177 g/mol. The van der Waals surface area contributed by atoms with Gasteiger partial charge in [-0.3, -0.25) is 4.90 Å². The largest absolute Gasteiger partial charge is 0.294 e. The molecule has 1 saturated heterocycles. The van der Waals surface area contributed by atoms with Crippen LogP contribution >= 0.6 is 0 Å². The van der Waals surface area contributed by atoms with Gasteiger partial charge in [-0.1, -0.05) is 20.8 Å². The van der Waals surface area contributed by atoms with Crippen LogP contribution in [-0.2, 0) is 0 Å². The first kappa shape index (κ1) is 9.90. The summed E-state index contributed by atoms with van der Waals surface area (Å²) in [6, 6.07) is 0.0741. The Hall–Kier alpha value is -0.180. The lowest BCUT2D eigenvalue weighted by Crippen LogP contribution is -2.33. The quantitative estimate of drug-likeness (QED) is 0.626. The summed E-state index contributed by atoms with van der Waals surface area (Å²) in [6.45, 7) is 6.64. The highest BCUT2D eigenvalue weighted by atomic mass is 19.3. The van der Waals surface area contributed by atoms with Crippen LogP contribution in [-0.4, -0.2) is 30.0 Å². The van der Waals surface area contributed by atoms with E-state index in [0.29, 0.717) is 5.92 Å². The van der Waals surface area contributed by atoms with Gasteiger partial charge in [0, 0.05) is 12.5 Å². The van der Waals surface area contributed by atoms with Gasteiger partial charge in [-0.2, -0.15) is 0 Å². The smallest absolute Gasteiger partial charge is 0.262 e. The highest BCUT2D eigenvalue weighted by Gasteiger charge is 2.44. The number of alkyl halides is 2. The zero-order valence-electron chi connectivity index (χ0n) is 7.98. The molecule has 1 fully saturated rings. The van der Waals surface area contributed by atoms with Gasteiger partial charge in [0.25, 0.3) is 5.92 Å². The second-order valence-corrected chi connectivity index (χ2v) is 3.93. The van der Waals surface area contributed by atoms with E-state index in [1.807, 2.05) is 25.7 Å². The number of hydrogen-bond donors (Lipinski definition) is 0. The molecule has 3 heteroatoms. The van der Waals surface area contributed by atoms with Crippen molar-refractivity contribution in [2.75, 3.05) is 13.1 Å². The summed E-state index contributed by atoms with van der Waals surface area (Å²) >= 11 is 0. The summed E-state index contributed by atoms with van der Waals surface area (Å²) in [5.41, 5.74) is 0. The molecule has 0 N–H and O–H groups in total. The molecule has 1 aliphatic rings. The van der Waals surface area contributed by atoms with Crippen molar-refractivity contribution in [1.82, 2.24) is 4.90 Å². The highest BCUT2D eigenvalue weighted by molar-refractivity contribution is 4.91. The third-order valence-corrected chi connectivity index (χ3v) is 2.59. The Morgan fingerprint density at radius 3 is 2.42 bits per heavy atom. The van der Waals surface area contributed by atoms with Gasteiger partial charge in [0.2, 0.25) is 0 Å². The molecule has 0 amide bonds. The maximum atomic E-state index is 13.0. The van der Waals surface area contributed by atoms with Crippen molar-refractivity contribution in [1.29, 1.82) is 0 Å². The molecule has 1 aliphatic heterocycles. The first-order valence-electron chi connectivity index (χ1n) is 4.58. The van der Waals surface area contributed by atoms with Crippen LogP contribution in [0.1, 0.15) is 27.2 Å². The van der Waals surface area contributed by atoms with E-state index in [9.17, 15) is 8.78 Å². The van der Waals surface area contributed by atoms with Crippen molar-refractivity contribution < 1.29 is 8.78 Å². The second kappa shape index (κ2) is 3.29. The van der Waals surface area contributed by atoms with Crippen molar-refractivity contribution in [3.8, 4) is 0 Å². The molecular formula is C9H17F2N. The van der Waals surface area contributed by atoms with Crippen LogP contribution < -0.4 is 0 Å². The van der Waals surface area contributed by atoms with Crippen LogP contribution in [0, 0.1) is 5.92 Å². The molecule has 72 valence electrons. The number of halogens is 2. The molecule has 0 aromatic rings. The van der Waals surface area contributed by atoms with Gasteiger partial charge in [0.1, 0.15) is 0 Å². The first-order chi connectivity index (χ1) is 5.46. The molecular weight excluding hydrogens is 160 g/mol. The maximum Gasteiger partial charge on any atom is 0.262 e. The normalized spacial score (nSPS) is 30.0. The lowest BCUT2D eigenvalue weighted by molar-refractivity contribution is 0.0122. The molecule has 0 spiro atoms. The third kappa shape index (κ3) is 1.94. The SMILES string of the molecule is CCN1CC(F)(F)C[C@H]1C(C)C. The van der Waals surface area contributed by atoms with Gasteiger partial charge in [-0.15, -0.1) is 0 Å². The molecule has 12 heavy (non-hydrogen) atoms. The Kier molecular flexibility index (Phi) is 2.71. The fraction of sp³-hybridized carbons (Fsp3) is 1.00. The standard InChI is InChI=1S/C9H17F2N/c1-4-12-6-9(10,11)5-8(12)7(2)3/h7-8H,4-6H2,1-3H3/t8-/m0/s1. The minimum absolute atomic E-state index is 0.0402. The van der Waals surface area contributed by atoms with Crippen LogP contribution in [0.15, 0.2) is 0 Å². The minimum Gasteiger partial charge on any atom is -0.294 e. The molecule has 0 bridgehead atoms. The average Bonchev–Trinajstić information content (AvgIpc) is 2.25. The summed E-state index contributed by atoms with van der Waals surface area (Å²) in [5, 5.41) is 0. The van der Waals surface area contributed by atoms with Crippen LogP contribution in [0.25, 0.3) is 0 Å². The van der Waals surface area contributed by atoms with Gasteiger partial charge >= 0.3 is 0 Å². The zero-order valence-corrected chi connectivity index (χ0v) is 7.98. The van der Waals surface area contributed by atoms with E-state index in [4.69, 9.17) is 0 Å². The van der Waals surface area contributed by atoms with Crippen molar-refractivity contribution in [2.24, 2.45) is 5.92 Å². The monoisotopic (exact) mass is 177 g/mol. The van der Waals surface area contributed by atoms with E-state index in [0.717, 1.165) is 6.54 Å². The number of hydrogen-bond acceptors (Lipinski definition) is 1. The van der Waals surface area contributed by atoms with E-state index in [1.165, 1.54) is 0 Å². The van der Waals surface area contributed by atoms with Crippen LogP contribution in [0.3, 0.4) is 0 Å². The fourth-order valence-corrected chi connectivity index (χ4v) is 1.92. The molecule has 1 atom stereocenters. The molecule has 0 radical (unpaired) electrons. The summed E-state index contributed by atoms with van der Waals surface area (Å²) < 4.78 is 25.9. The van der Waals surface area contributed by atoms with Gasteiger partial charge < -0.3 is 0 Å². The molecule has 0 aromatic heterocycles. The van der Waals surface area contributed by atoms with Gasteiger partial charge in [-0.05, 0) is 12.5 Å². The van der Waals surface area contributed by atoms with E-state index in [-0.39, 0.29) is 19.0 Å². The van der Waals surface area contributed by atoms with E-state index in [1.54, 1.807) is 0 Å². The van der Waals surface area contributed by atoms with Gasteiger partial charge in [0.05, 0.1) is 6.54 Å². The Labute approximate surface area is 72.7 Å². The lowest BCUT2D eigenvalue weighted by Gasteiger charge is -2.24.